The van der Waals surface area contributed by atoms with Crippen molar-refractivity contribution in [2.24, 2.45) is 0 Å². The molecule has 0 spiro atoms. The van der Waals surface area contributed by atoms with Gasteiger partial charge in [0.05, 0.1) is 45.4 Å². The molecule has 0 unspecified atom stereocenters. The van der Waals surface area contributed by atoms with Crippen LogP contribution >= 0.6 is 11.8 Å². The molecule has 0 N–H and O–H groups in total. The minimum absolute atomic E-state index is 0.0843. The Hall–Kier alpha value is -3.65. The fourth-order valence-electron chi connectivity index (χ4n) is 3.52. The lowest BCUT2D eigenvalue weighted by Crippen LogP contribution is -2.24. The summed E-state index contributed by atoms with van der Waals surface area (Å²) in [5.74, 6) is 3.42. The monoisotopic (exact) mass is 478 g/mol. The predicted octanol–water partition coefficient (Wildman–Crippen LogP) is 4.64. The molecule has 0 saturated carbocycles. The Kier molecular flexibility index (Phi) is 7.59. The second-order valence-electron chi connectivity index (χ2n) is 7.36. The number of fused-ring (bicyclic) bond motifs is 1. The molecule has 0 bridgehead atoms. The van der Waals surface area contributed by atoms with Gasteiger partial charge in [-0.3, -0.25) is 9.36 Å². The number of ether oxygens (including phenoxy) is 4. The van der Waals surface area contributed by atoms with Crippen LogP contribution in [-0.2, 0) is 6.54 Å². The smallest absolute Gasteiger partial charge is 0.262 e. The van der Waals surface area contributed by atoms with Gasteiger partial charge in [-0.15, -0.1) is 0 Å². The first-order valence-electron chi connectivity index (χ1n) is 10.7. The molecule has 0 radical (unpaired) electrons. The van der Waals surface area contributed by atoms with E-state index in [4.69, 9.17) is 23.9 Å². The molecule has 34 heavy (non-hydrogen) atoms. The average Bonchev–Trinajstić information content (AvgIpc) is 2.88. The van der Waals surface area contributed by atoms with Crippen molar-refractivity contribution in [1.29, 1.82) is 0 Å². The zero-order valence-electron chi connectivity index (χ0n) is 19.3. The minimum Gasteiger partial charge on any atom is -0.497 e. The molecular formula is C26H26N2O5S. The van der Waals surface area contributed by atoms with E-state index in [0.717, 1.165) is 17.1 Å². The largest absolute Gasteiger partial charge is 0.497 e. The van der Waals surface area contributed by atoms with E-state index < -0.39 is 0 Å². The van der Waals surface area contributed by atoms with Gasteiger partial charge in [-0.25, -0.2) is 4.98 Å². The van der Waals surface area contributed by atoms with Gasteiger partial charge in [-0.2, -0.15) is 0 Å². The molecule has 0 aliphatic carbocycles. The summed E-state index contributed by atoms with van der Waals surface area (Å²) in [4.78, 5) is 18.1. The molecule has 4 rings (SSSR count). The van der Waals surface area contributed by atoms with E-state index in [0.29, 0.717) is 46.5 Å². The van der Waals surface area contributed by atoms with Crippen molar-refractivity contribution in [2.75, 3.05) is 33.7 Å². The maximum atomic E-state index is 13.4. The van der Waals surface area contributed by atoms with Gasteiger partial charge in [0.1, 0.15) is 11.5 Å². The first-order chi connectivity index (χ1) is 16.6. The Morgan fingerprint density at radius 2 is 1.59 bits per heavy atom. The summed E-state index contributed by atoms with van der Waals surface area (Å²) in [7, 11) is 4.82. The third-order valence-corrected chi connectivity index (χ3v) is 6.20. The van der Waals surface area contributed by atoms with Crippen molar-refractivity contribution >= 4 is 22.7 Å². The lowest BCUT2D eigenvalue weighted by Gasteiger charge is -2.15. The molecule has 0 fully saturated rings. The lowest BCUT2D eigenvalue weighted by molar-refractivity contribution is 0.342. The molecular weight excluding hydrogens is 452 g/mol. The summed E-state index contributed by atoms with van der Waals surface area (Å²) in [6.07, 6.45) is 0. The SMILES string of the molecule is COc1ccc(OCCSc2nc3ccccc3c(=O)n2Cc2ccc(OC)c(OC)c2)cc1. The summed E-state index contributed by atoms with van der Waals surface area (Å²) in [6.45, 7) is 0.828. The van der Waals surface area contributed by atoms with Crippen molar-refractivity contribution in [3.8, 4) is 23.0 Å². The summed E-state index contributed by atoms with van der Waals surface area (Å²) in [6, 6.07) is 20.5. The maximum Gasteiger partial charge on any atom is 0.262 e. The highest BCUT2D eigenvalue weighted by Gasteiger charge is 2.13. The number of hydrogen-bond donors (Lipinski definition) is 0. The van der Waals surface area contributed by atoms with Crippen molar-refractivity contribution in [3.63, 3.8) is 0 Å². The topological polar surface area (TPSA) is 71.8 Å². The van der Waals surface area contributed by atoms with E-state index >= 15 is 0 Å². The van der Waals surface area contributed by atoms with Crippen LogP contribution in [0.5, 0.6) is 23.0 Å². The van der Waals surface area contributed by atoms with Crippen molar-refractivity contribution in [1.82, 2.24) is 9.55 Å². The Morgan fingerprint density at radius 1 is 0.853 bits per heavy atom. The number of hydrogen-bond acceptors (Lipinski definition) is 7. The highest BCUT2D eigenvalue weighted by Crippen LogP contribution is 2.28. The Labute approximate surface area is 202 Å². The molecule has 0 aliphatic heterocycles. The van der Waals surface area contributed by atoms with Crippen molar-refractivity contribution in [3.05, 3.63) is 82.6 Å². The molecule has 8 heteroatoms. The molecule has 0 saturated heterocycles. The van der Waals surface area contributed by atoms with Gasteiger partial charge in [0, 0.05) is 5.75 Å². The molecule has 176 valence electrons. The predicted molar refractivity (Wildman–Crippen MR) is 134 cm³/mol. The van der Waals surface area contributed by atoms with Crippen LogP contribution in [-0.4, -0.2) is 43.2 Å². The zero-order chi connectivity index (χ0) is 23.9. The summed E-state index contributed by atoms with van der Waals surface area (Å²) in [5.41, 5.74) is 1.50. The molecule has 4 aromatic rings. The first kappa shape index (κ1) is 23.5. The highest BCUT2D eigenvalue weighted by molar-refractivity contribution is 7.99. The third kappa shape index (κ3) is 5.28. The average molecular weight is 479 g/mol. The third-order valence-electron chi connectivity index (χ3n) is 5.26. The van der Waals surface area contributed by atoms with E-state index in [1.807, 2.05) is 60.7 Å². The van der Waals surface area contributed by atoms with Crippen LogP contribution in [0.3, 0.4) is 0 Å². The standard InChI is InChI=1S/C26H26N2O5S/c1-30-19-9-11-20(12-10-19)33-14-15-34-26-27-22-7-5-4-6-21(22)25(29)28(26)17-18-8-13-23(31-2)24(16-18)32-3/h4-13,16H,14-15,17H2,1-3H3. The Bertz CT molecular complexity index is 1320. The minimum atomic E-state index is -0.0843. The lowest BCUT2D eigenvalue weighted by atomic mass is 10.2. The van der Waals surface area contributed by atoms with Crippen LogP contribution in [0.1, 0.15) is 5.56 Å². The fraction of sp³-hybridized carbons (Fsp3) is 0.231. The fourth-order valence-corrected chi connectivity index (χ4v) is 4.34. The van der Waals surface area contributed by atoms with Crippen molar-refractivity contribution < 1.29 is 18.9 Å². The van der Waals surface area contributed by atoms with Gasteiger partial charge in [-0.05, 0) is 54.1 Å². The molecule has 1 aromatic heterocycles. The number of nitrogens with zero attached hydrogens (tertiary/aromatic N) is 2. The highest BCUT2D eigenvalue weighted by atomic mass is 32.2. The van der Waals surface area contributed by atoms with Crippen LogP contribution in [0.4, 0.5) is 0 Å². The summed E-state index contributed by atoms with van der Waals surface area (Å²) >= 11 is 1.49. The Morgan fingerprint density at radius 3 is 2.32 bits per heavy atom. The normalized spacial score (nSPS) is 10.8. The van der Waals surface area contributed by atoms with Gasteiger partial charge in [0.15, 0.2) is 16.7 Å². The molecule has 7 nitrogen and oxygen atoms in total. The van der Waals surface area contributed by atoms with E-state index in [1.165, 1.54) is 11.8 Å². The second kappa shape index (κ2) is 11.0. The number of thioether (sulfide) groups is 1. The number of methoxy groups -OCH3 is 3. The first-order valence-corrected chi connectivity index (χ1v) is 11.7. The van der Waals surface area contributed by atoms with Gasteiger partial charge in [0.25, 0.3) is 5.56 Å². The van der Waals surface area contributed by atoms with E-state index in [1.54, 1.807) is 32.0 Å². The number of aromatic nitrogens is 2. The van der Waals surface area contributed by atoms with Crippen LogP contribution in [0, 0.1) is 0 Å². The zero-order valence-corrected chi connectivity index (χ0v) is 20.1. The molecule has 0 aliphatic rings. The second-order valence-corrected chi connectivity index (χ2v) is 8.43. The quantitative estimate of drug-likeness (QED) is 0.187. The Balaban J connectivity index is 1.56. The molecule has 0 atom stereocenters. The van der Waals surface area contributed by atoms with Crippen LogP contribution in [0.25, 0.3) is 10.9 Å². The van der Waals surface area contributed by atoms with Gasteiger partial charge >= 0.3 is 0 Å². The van der Waals surface area contributed by atoms with Crippen molar-refractivity contribution in [2.45, 2.75) is 11.7 Å². The van der Waals surface area contributed by atoms with Gasteiger partial charge < -0.3 is 18.9 Å². The maximum absolute atomic E-state index is 13.4. The number of para-hydroxylation sites is 1. The van der Waals surface area contributed by atoms with Crippen LogP contribution in [0.15, 0.2) is 76.7 Å². The van der Waals surface area contributed by atoms with E-state index in [-0.39, 0.29) is 5.56 Å². The van der Waals surface area contributed by atoms with Gasteiger partial charge in [0.2, 0.25) is 0 Å². The van der Waals surface area contributed by atoms with E-state index in [2.05, 4.69) is 0 Å². The summed E-state index contributed by atoms with van der Waals surface area (Å²) < 4.78 is 23.5. The number of benzene rings is 3. The van der Waals surface area contributed by atoms with E-state index in [9.17, 15) is 4.79 Å². The summed E-state index contributed by atoms with van der Waals surface area (Å²) in [5, 5.41) is 1.22. The van der Waals surface area contributed by atoms with Crippen LogP contribution < -0.4 is 24.5 Å². The number of rotatable bonds is 10. The molecule has 0 amide bonds. The van der Waals surface area contributed by atoms with Crippen LogP contribution in [0.2, 0.25) is 0 Å². The molecule has 3 aromatic carbocycles. The van der Waals surface area contributed by atoms with Gasteiger partial charge in [-0.1, -0.05) is 30.0 Å². The molecule has 1 heterocycles.